The predicted octanol–water partition coefficient (Wildman–Crippen LogP) is 1.77. The normalized spacial score (nSPS) is 15.0. The van der Waals surface area contributed by atoms with Crippen LogP contribution in [0.15, 0.2) is 53.4 Å². The second-order valence-electron chi connectivity index (χ2n) is 6.49. The quantitative estimate of drug-likeness (QED) is 0.543. The van der Waals surface area contributed by atoms with Crippen LogP contribution in [0, 0.1) is 0 Å². The lowest BCUT2D eigenvalue weighted by Gasteiger charge is -2.34. The van der Waals surface area contributed by atoms with E-state index >= 15 is 0 Å². The van der Waals surface area contributed by atoms with Gasteiger partial charge >= 0.3 is 5.97 Å². The van der Waals surface area contributed by atoms with Crippen LogP contribution >= 0.6 is 0 Å². The van der Waals surface area contributed by atoms with Gasteiger partial charge in [-0.1, -0.05) is 0 Å². The van der Waals surface area contributed by atoms with Crippen molar-refractivity contribution in [1.29, 1.82) is 0 Å². The second-order valence-corrected chi connectivity index (χ2v) is 8.43. The van der Waals surface area contributed by atoms with Gasteiger partial charge in [0.2, 0.25) is 10.0 Å². The molecular weight excluding hydrogens is 396 g/mol. The number of methoxy groups -OCH3 is 1. The van der Waals surface area contributed by atoms with Gasteiger partial charge in [0.1, 0.15) is 11.5 Å². The molecule has 9 heteroatoms. The molecular formula is C20H22N2O6S. The number of nitrogens with zero attached hydrogens (tertiary/aromatic N) is 2. The Balaban J connectivity index is 1.63. The highest BCUT2D eigenvalue weighted by atomic mass is 32.2. The fourth-order valence-electron chi connectivity index (χ4n) is 3.04. The van der Waals surface area contributed by atoms with E-state index in [1.807, 2.05) is 0 Å². The summed E-state index contributed by atoms with van der Waals surface area (Å²) in [6, 6.07) is 12.5. The van der Waals surface area contributed by atoms with Crippen LogP contribution in [-0.4, -0.2) is 62.8 Å². The van der Waals surface area contributed by atoms with E-state index in [1.54, 1.807) is 41.3 Å². The monoisotopic (exact) mass is 418 g/mol. The molecule has 3 rings (SSSR count). The van der Waals surface area contributed by atoms with E-state index in [-0.39, 0.29) is 23.9 Å². The third-order valence-corrected chi connectivity index (χ3v) is 6.50. The zero-order valence-corrected chi connectivity index (χ0v) is 17.0. The summed E-state index contributed by atoms with van der Waals surface area (Å²) in [5.74, 6) is 0.322. The molecule has 0 spiro atoms. The number of piperazine rings is 1. The third-order valence-electron chi connectivity index (χ3n) is 4.59. The Kier molecular flexibility index (Phi) is 6.19. The highest BCUT2D eigenvalue weighted by Gasteiger charge is 2.30. The fraction of sp³-hybridized carbons (Fsp3) is 0.300. The van der Waals surface area contributed by atoms with Gasteiger partial charge in [0.05, 0.1) is 12.0 Å². The number of carbonyl (C=O) groups is 2. The number of rotatable bonds is 5. The molecule has 0 N–H and O–H groups in total. The van der Waals surface area contributed by atoms with Gasteiger partial charge < -0.3 is 14.4 Å². The molecule has 1 aliphatic rings. The third kappa shape index (κ3) is 4.75. The lowest BCUT2D eigenvalue weighted by molar-refractivity contribution is -0.131. The first kappa shape index (κ1) is 20.8. The van der Waals surface area contributed by atoms with Gasteiger partial charge in [0, 0.05) is 38.7 Å². The zero-order valence-electron chi connectivity index (χ0n) is 16.2. The highest BCUT2D eigenvalue weighted by molar-refractivity contribution is 7.89. The number of ether oxygens (including phenoxy) is 2. The molecule has 0 saturated carbocycles. The summed E-state index contributed by atoms with van der Waals surface area (Å²) in [5.41, 5.74) is 0.451. The first-order valence-electron chi connectivity index (χ1n) is 9.03. The number of hydrogen-bond donors (Lipinski definition) is 0. The first-order chi connectivity index (χ1) is 13.8. The maximum Gasteiger partial charge on any atom is 0.308 e. The summed E-state index contributed by atoms with van der Waals surface area (Å²) in [4.78, 5) is 25.4. The molecule has 8 nitrogen and oxygen atoms in total. The summed E-state index contributed by atoms with van der Waals surface area (Å²) < 4.78 is 37.0. The molecule has 154 valence electrons. The van der Waals surface area contributed by atoms with Crippen LogP contribution in [-0.2, 0) is 14.8 Å². The van der Waals surface area contributed by atoms with Crippen LogP contribution in [0.25, 0.3) is 0 Å². The second kappa shape index (κ2) is 8.62. The summed E-state index contributed by atoms with van der Waals surface area (Å²) in [7, 11) is -2.11. The maximum absolute atomic E-state index is 12.8. The van der Waals surface area contributed by atoms with Gasteiger partial charge in [0.25, 0.3) is 5.91 Å². The number of esters is 1. The average Bonchev–Trinajstić information content (AvgIpc) is 2.73. The molecule has 1 amide bonds. The molecule has 2 aromatic carbocycles. The van der Waals surface area contributed by atoms with E-state index in [1.165, 1.54) is 30.5 Å². The molecule has 0 aliphatic carbocycles. The van der Waals surface area contributed by atoms with Crippen LogP contribution in [0.1, 0.15) is 17.3 Å². The number of amides is 1. The van der Waals surface area contributed by atoms with E-state index in [0.29, 0.717) is 30.2 Å². The van der Waals surface area contributed by atoms with Crippen molar-refractivity contribution in [2.75, 3.05) is 33.3 Å². The first-order valence-corrected chi connectivity index (χ1v) is 10.5. The molecule has 0 atom stereocenters. The Bertz CT molecular complexity index is 979. The SMILES string of the molecule is COc1ccc(S(=O)(=O)N2CCN(C(=O)c3ccc(OC(C)=O)cc3)CC2)cc1. The van der Waals surface area contributed by atoms with Crippen LogP contribution in [0.5, 0.6) is 11.5 Å². The number of hydrogen-bond acceptors (Lipinski definition) is 6. The van der Waals surface area contributed by atoms with Crippen LogP contribution < -0.4 is 9.47 Å². The van der Waals surface area contributed by atoms with E-state index < -0.39 is 16.0 Å². The van der Waals surface area contributed by atoms with E-state index in [9.17, 15) is 18.0 Å². The molecule has 1 saturated heterocycles. The Morgan fingerprint density at radius 1 is 0.862 bits per heavy atom. The Morgan fingerprint density at radius 3 is 1.93 bits per heavy atom. The number of sulfonamides is 1. The molecule has 1 aliphatic heterocycles. The molecule has 0 aromatic heterocycles. The standard InChI is InChI=1S/C20H22N2O6S/c1-15(23)28-18-5-3-16(4-6-18)20(24)21-11-13-22(14-12-21)29(25,26)19-9-7-17(27-2)8-10-19/h3-10H,11-14H2,1-2H3. The van der Waals surface area contributed by atoms with Crippen molar-refractivity contribution in [2.24, 2.45) is 0 Å². The van der Waals surface area contributed by atoms with E-state index in [0.717, 1.165) is 0 Å². The van der Waals surface area contributed by atoms with Crippen molar-refractivity contribution >= 4 is 21.9 Å². The number of benzene rings is 2. The summed E-state index contributed by atoms with van der Waals surface area (Å²) >= 11 is 0. The highest BCUT2D eigenvalue weighted by Crippen LogP contribution is 2.21. The predicted molar refractivity (Wildman–Crippen MR) is 105 cm³/mol. The fourth-order valence-corrected chi connectivity index (χ4v) is 4.46. The van der Waals surface area contributed by atoms with Gasteiger partial charge in [-0.05, 0) is 48.5 Å². The van der Waals surface area contributed by atoms with Crippen molar-refractivity contribution in [2.45, 2.75) is 11.8 Å². The van der Waals surface area contributed by atoms with Gasteiger partial charge in [-0.2, -0.15) is 4.31 Å². The lowest BCUT2D eigenvalue weighted by Crippen LogP contribution is -2.50. The Morgan fingerprint density at radius 2 is 1.41 bits per heavy atom. The molecule has 1 fully saturated rings. The largest absolute Gasteiger partial charge is 0.497 e. The van der Waals surface area contributed by atoms with Gasteiger partial charge in [-0.3, -0.25) is 9.59 Å². The van der Waals surface area contributed by atoms with E-state index in [2.05, 4.69) is 0 Å². The molecule has 0 unspecified atom stereocenters. The molecule has 1 heterocycles. The summed E-state index contributed by atoms with van der Waals surface area (Å²) in [6.45, 7) is 2.32. The van der Waals surface area contributed by atoms with Crippen LogP contribution in [0.4, 0.5) is 0 Å². The minimum absolute atomic E-state index is 0.194. The van der Waals surface area contributed by atoms with Crippen molar-refractivity contribution in [3.05, 3.63) is 54.1 Å². The van der Waals surface area contributed by atoms with Crippen LogP contribution in [0.3, 0.4) is 0 Å². The maximum atomic E-state index is 12.8. The molecule has 2 aromatic rings. The van der Waals surface area contributed by atoms with Crippen LogP contribution in [0.2, 0.25) is 0 Å². The smallest absolute Gasteiger partial charge is 0.308 e. The van der Waals surface area contributed by atoms with Gasteiger partial charge in [-0.15, -0.1) is 0 Å². The minimum atomic E-state index is -3.63. The van der Waals surface area contributed by atoms with Crippen molar-refractivity contribution in [1.82, 2.24) is 9.21 Å². The lowest BCUT2D eigenvalue weighted by atomic mass is 10.2. The van der Waals surface area contributed by atoms with Gasteiger partial charge in [-0.25, -0.2) is 8.42 Å². The van der Waals surface area contributed by atoms with E-state index in [4.69, 9.17) is 9.47 Å². The number of carbonyl (C=O) groups excluding carboxylic acids is 2. The molecule has 0 bridgehead atoms. The van der Waals surface area contributed by atoms with Crippen molar-refractivity contribution in [3.63, 3.8) is 0 Å². The van der Waals surface area contributed by atoms with Crippen molar-refractivity contribution < 1.29 is 27.5 Å². The van der Waals surface area contributed by atoms with Gasteiger partial charge in [0.15, 0.2) is 0 Å². The zero-order chi connectivity index (χ0) is 21.0. The Labute approximate surface area is 169 Å². The van der Waals surface area contributed by atoms with Crippen molar-refractivity contribution in [3.8, 4) is 11.5 Å². The molecule has 29 heavy (non-hydrogen) atoms. The minimum Gasteiger partial charge on any atom is -0.497 e. The summed E-state index contributed by atoms with van der Waals surface area (Å²) in [5, 5.41) is 0. The Hall–Kier alpha value is -2.91. The topological polar surface area (TPSA) is 93.2 Å². The molecule has 0 radical (unpaired) electrons. The summed E-state index contributed by atoms with van der Waals surface area (Å²) in [6.07, 6.45) is 0. The average molecular weight is 418 g/mol.